The molecule has 5 heteroatoms. The Bertz CT molecular complexity index is 599. The van der Waals surface area contributed by atoms with Gasteiger partial charge in [-0.3, -0.25) is 9.78 Å². The largest absolute Gasteiger partial charge is 0.507 e. The van der Waals surface area contributed by atoms with E-state index < -0.39 is 0 Å². The highest BCUT2D eigenvalue weighted by molar-refractivity contribution is 9.10. The molecule has 2 aromatic rings. The van der Waals surface area contributed by atoms with Crippen molar-refractivity contribution in [1.29, 1.82) is 0 Å². The van der Waals surface area contributed by atoms with Gasteiger partial charge in [-0.15, -0.1) is 0 Å². The van der Waals surface area contributed by atoms with Crippen molar-refractivity contribution in [2.75, 3.05) is 5.32 Å². The van der Waals surface area contributed by atoms with Crippen molar-refractivity contribution >= 4 is 27.5 Å². The molecule has 0 atom stereocenters. The Morgan fingerprint density at radius 1 is 1.39 bits per heavy atom. The molecule has 2 N–H and O–H groups in total. The minimum atomic E-state index is -0.358. The van der Waals surface area contributed by atoms with Crippen LogP contribution in [0.2, 0.25) is 0 Å². The van der Waals surface area contributed by atoms with Crippen LogP contribution in [0, 0.1) is 6.92 Å². The van der Waals surface area contributed by atoms with Gasteiger partial charge in [0.2, 0.25) is 0 Å². The number of hydrogen-bond acceptors (Lipinski definition) is 3. The summed E-state index contributed by atoms with van der Waals surface area (Å²) >= 11 is 3.26. The third-order valence-corrected chi connectivity index (χ3v) is 2.96. The van der Waals surface area contributed by atoms with E-state index in [2.05, 4.69) is 26.2 Å². The van der Waals surface area contributed by atoms with Crippen molar-refractivity contribution in [3.63, 3.8) is 0 Å². The Balaban J connectivity index is 2.28. The number of phenolic OH excluding ortho intramolecular Hbond substituents is 1. The normalized spacial score (nSPS) is 10.1. The zero-order valence-electron chi connectivity index (χ0n) is 9.64. The van der Waals surface area contributed by atoms with E-state index in [9.17, 15) is 9.90 Å². The summed E-state index contributed by atoms with van der Waals surface area (Å²) in [6.07, 6.45) is 3.26. The molecule has 0 unspecified atom stereocenters. The van der Waals surface area contributed by atoms with Crippen LogP contribution < -0.4 is 5.32 Å². The number of hydrogen-bond donors (Lipinski definition) is 2. The van der Waals surface area contributed by atoms with E-state index in [0.29, 0.717) is 5.69 Å². The van der Waals surface area contributed by atoms with E-state index in [-0.39, 0.29) is 17.2 Å². The minimum Gasteiger partial charge on any atom is -0.507 e. The summed E-state index contributed by atoms with van der Waals surface area (Å²) in [5, 5.41) is 12.4. The smallest absolute Gasteiger partial charge is 0.259 e. The summed E-state index contributed by atoms with van der Waals surface area (Å²) in [6.45, 7) is 1.85. The van der Waals surface area contributed by atoms with Gasteiger partial charge >= 0.3 is 0 Å². The van der Waals surface area contributed by atoms with Crippen molar-refractivity contribution in [2.45, 2.75) is 6.92 Å². The van der Waals surface area contributed by atoms with Gasteiger partial charge in [-0.25, -0.2) is 0 Å². The molecule has 0 aliphatic carbocycles. The molecule has 0 spiro atoms. The molecule has 1 heterocycles. The first kappa shape index (κ1) is 12.6. The highest BCUT2D eigenvalue weighted by atomic mass is 79.9. The van der Waals surface area contributed by atoms with Crippen LogP contribution in [-0.2, 0) is 0 Å². The lowest BCUT2D eigenvalue weighted by Crippen LogP contribution is -2.13. The van der Waals surface area contributed by atoms with Gasteiger partial charge in [-0.1, -0.05) is 15.9 Å². The average molecular weight is 307 g/mol. The zero-order valence-corrected chi connectivity index (χ0v) is 11.2. The summed E-state index contributed by atoms with van der Waals surface area (Å²) in [5.74, 6) is -0.412. The first-order chi connectivity index (χ1) is 8.58. The van der Waals surface area contributed by atoms with Crippen LogP contribution in [0.3, 0.4) is 0 Å². The summed E-state index contributed by atoms with van der Waals surface area (Å²) in [4.78, 5) is 16.0. The van der Waals surface area contributed by atoms with Crippen molar-refractivity contribution < 1.29 is 9.90 Å². The molecule has 1 aromatic carbocycles. The fourth-order valence-electron chi connectivity index (χ4n) is 1.49. The predicted octanol–water partition coefficient (Wildman–Crippen LogP) is 3.11. The number of nitrogens with zero attached hydrogens (tertiary/aromatic N) is 1. The summed E-state index contributed by atoms with van der Waals surface area (Å²) in [5.41, 5.74) is 1.76. The number of amides is 1. The number of carbonyl (C=O) groups excluding carboxylic acids is 1. The lowest BCUT2D eigenvalue weighted by molar-refractivity contribution is 0.102. The van der Waals surface area contributed by atoms with Gasteiger partial charge in [0.25, 0.3) is 5.91 Å². The number of aromatic hydroxyl groups is 1. The Morgan fingerprint density at radius 2 is 2.17 bits per heavy atom. The molecule has 4 nitrogen and oxygen atoms in total. The summed E-state index contributed by atoms with van der Waals surface area (Å²) in [6, 6.07) is 6.42. The van der Waals surface area contributed by atoms with Gasteiger partial charge in [-0.2, -0.15) is 0 Å². The van der Waals surface area contributed by atoms with Crippen LogP contribution in [0.15, 0.2) is 41.1 Å². The molecule has 92 valence electrons. The van der Waals surface area contributed by atoms with Crippen LogP contribution >= 0.6 is 15.9 Å². The van der Waals surface area contributed by atoms with E-state index in [1.807, 2.05) is 6.92 Å². The molecule has 0 aliphatic rings. The summed E-state index contributed by atoms with van der Waals surface area (Å²) in [7, 11) is 0. The van der Waals surface area contributed by atoms with Crippen LogP contribution in [0.1, 0.15) is 15.9 Å². The number of carbonyl (C=O) groups is 1. The second kappa shape index (κ2) is 5.18. The first-order valence-corrected chi connectivity index (χ1v) is 6.07. The number of pyridine rings is 1. The third-order valence-electron chi connectivity index (χ3n) is 2.47. The number of nitrogens with one attached hydrogen (secondary N) is 1. The highest BCUT2D eigenvalue weighted by Crippen LogP contribution is 2.23. The molecule has 0 aliphatic heterocycles. The Kier molecular flexibility index (Phi) is 3.62. The monoisotopic (exact) mass is 306 g/mol. The first-order valence-electron chi connectivity index (χ1n) is 5.28. The second-order valence-corrected chi connectivity index (χ2v) is 4.72. The molecule has 0 radical (unpaired) electrons. The number of halogens is 1. The van der Waals surface area contributed by atoms with E-state index in [4.69, 9.17) is 0 Å². The van der Waals surface area contributed by atoms with Gasteiger partial charge < -0.3 is 10.4 Å². The lowest BCUT2D eigenvalue weighted by atomic mass is 10.1. The molecular weight excluding hydrogens is 296 g/mol. The maximum absolute atomic E-state index is 12.0. The van der Waals surface area contributed by atoms with Crippen LogP contribution in [0.5, 0.6) is 5.75 Å². The van der Waals surface area contributed by atoms with Gasteiger partial charge in [0.05, 0.1) is 5.56 Å². The number of anilines is 1. The molecule has 0 bridgehead atoms. The fraction of sp³-hybridized carbons (Fsp3) is 0.0769. The number of phenols is 1. The maximum Gasteiger partial charge on any atom is 0.259 e. The SMILES string of the molecule is Cc1cnccc1NC(=O)c1cc(Br)ccc1O. The van der Waals surface area contributed by atoms with E-state index in [1.54, 1.807) is 30.6 Å². The predicted molar refractivity (Wildman–Crippen MR) is 72.7 cm³/mol. The van der Waals surface area contributed by atoms with Gasteiger partial charge in [0, 0.05) is 22.6 Å². The Labute approximate surface area is 113 Å². The van der Waals surface area contributed by atoms with Crippen molar-refractivity contribution in [3.05, 3.63) is 52.3 Å². The van der Waals surface area contributed by atoms with E-state index >= 15 is 0 Å². The Hall–Kier alpha value is -1.88. The average Bonchev–Trinajstić information content (AvgIpc) is 2.35. The molecule has 1 aromatic heterocycles. The minimum absolute atomic E-state index is 0.0533. The quantitative estimate of drug-likeness (QED) is 0.896. The van der Waals surface area contributed by atoms with Crippen LogP contribution in [0.25, 0.3) is 0 Å². The van der Waals surface area contributed by atoms with Crippen molar-refractivity contribution in [3.8, 4) is 5.75 Å². The molecule has 1 amide bonds. The maximum atomic E-state index is 12.0. The molecule has 0 saturated heterocycles. The zero-order chi connectivity index (χ0) is 13.1. The van der Waals surface area contributed by atoms with E-state index in [1.165, 1.54) is 6.07 Å². The van der Waals surface area contributed by atoms with Gasteiger partial charge in [0.1, 0.15) is 5.75 Å². The molecular formula is C13H11BrN2O2. The van der Waals surface area contributed by atoms with E-state index in [0.717, 1.165) is 10.0 Å². The van der Waals surface area contributed by atoms with Crippen LogP contribution in [-0.4, -0.2) is 16.0 Å². The summed E-state index contributed by atoms with van der Waals surface area (Å²) < 4.78 is 0.733. The van der Waals surface area contributed by atoms with Gasteiger partial charge in [-0.05, 0) is 36.8 Å². The molecule has 2 rings (SSSR count). The number of aryl methyl sites for hydroxylation is 1. The standard InChI is InChI=1S/C13H11BrN2O2/c1-8-7-15-5-4-11(8)16-13(18)10-6-9(14)2-3-12(10)17/h2-7,17H,1H3,(H,15,16,18). The lowest BCUT2D eigenvalue weighted by Gasteiger charge is -2.09. The third kappa shape index (κ3) is 2.68. The second-order valence-electron chi connectivity index (χ2n) is 3.81. The van der Waals surface area contributed by atoms with Crippen LogP contribution in [0.4, 0.5) is 5.69 Å². The number of aromatic nitrogens is 1. The van der Waals surface area contributed by atoms with Gasteiger partial charge in [0.15, 0.2) is 0 Å². The van der Waals surface area contributed by atoms with Crippen molar-refractivity contribution in [2.24, 2.45) is 0 Å². The molecule has 18 heavy (non-hydrogen) atoms. The topological polar surface area (TPSA) is 62.2 Å². The van der Waals surface area contributed by atoms with Crippen molar-refractivity contribution in [1.82, 2.24) is 4.98 Å². The molecule has 0 saturated carbocycles. The molecule has 0 fully saturated rings. The highest BCUT2D eigenvalue weighted by Gasteiger charge is 2.12. The number of benzene rings is 1. The fourth-order valence-corrected chi connectivity index (χ4v) is 1.85. The Morgan fingerprint density at radius 3 is 2.89 bits per heavy atom. The number of rotatable bonds is 2.